The van der Waals surface area contributed by atoms with Gasteiger partial charge in [0.05, 0.1) is 12.2 Å². The second-order valence-corrected chi connectivity index (χ2v) is 5.03. The van der Waals surface area contributed by atoms with Gasteiger partial charge in [0.15, 0.2) is 0 Å². The van der Waals surface area contributed by atoms with Gasteiger partial charge in [-0.25, -0.2) is 0 Å². The maximum atomic E-state index is 11.9. The van der Waals surface area contributed by atoms with Crippen molar-refractivity contribution in [2.24, 2.45) is 11.8 Å². The van der Waals surface area contributed by atoms with Crippen LogP contribution in [0.1, 0.15) is 27.7 Å². The molecule has 1 aromatic carbocycles. The summed E-state index contributed by atoms with van der Waals surface area (Å²) in [5, 5.41) is 11.7. The van der Waals surface area contributed by atoms with Crippen molar-refractivity contribution in [1.82, 2.24) is 0 Å². The van der Waals surface area contributed by atoms with E-state index in [1.54, 1.807) is 24.3 Å². The molecule has 0 aromatic heterocycles. The van der Waals surface area contributed by atoms with Crippen LogP contribution in [0.15, 0.2) is 24.3 Å². The maximum Gasteiger partial charge on any atom is 0.241 e. The number of ether oxygens (including phenoxy) is 1. The van der Waals surface area contributed by atoms with Crippen molar-refractivity contribution in [3.05, 3.63) is 24.3 Å². The molecule has 4 nitrogen and oxygen atoms in total. The molecule has 0 aliphatic carbocycles. The van der Waals surface area contributed by atoms with Crippen LogP contribution in [0.5, 0.6) is 5.75 Å². The molecule has 0 spiro atoms. The molecular weight excluding hydrogens is 240 g/mol. The average molecular weight is 260 g/mol. The highest BCUT2D eigenvalue weighted by molar-refractivity contribution is 5.94. The Labute approximate surface area is 114 Å². The average Bonchev–Trinajstić information content (AvgIpc) is 2.31. The summed E-state index contributed by atoms with van der Waals surface area (Å²) < 4.78 is 5.52. The van der Waals surface area contributed by atoms with Gasteiger partial charge in [-0.2, -0.15) is 5.26 Å². The predicted molar refractivity (Wildman–Crippen MR) is 74.8 cm³/mol. The number of hydrogen-bond donors (Lipinski definition) is 1. The Bertz CT molecular complexity index is 458. The monoisotopic (exact) mass is 260 g/mol. The minimum absolute atomic E-state index is 0.00597. The van der Waals surface area contributed by atoms with Gasteiger partial charge in [0, 0.05) is 5.69 Å². The van der Waals surface area contributed by atoms with Crippen molar-refractivity contribution >= 4 is 11.6 Å². The van der Waals surface area contributed by atoms with E-state index in [0.717, 1.165) is 5.75 Å². The van der Waals surface area contributed by atoms with Gasteiger partial charge in [-0.1, -0.05) is 13.8 Å². The number of rotatable bonds is 5. The molecule has 0 fully saturated rings. The zero-order valence-electron chi connectivity index (χ0n) is 11.8. The van der Waals surface area contributed by atoms with E-state index in [1.165, 1.54) is 0 Å². The lowest BCUT2D eigenvalue weighted by molar-refractivity contribution is -0.119. The number of nitrogens with one attached hydrogen (secondary N) is 1. The Hall–Kier alpha value is -2.02. The first-order chi connectivity index (χ1) is 8.93. The second-order valence-electron chi connectivity index (χ2n) is 5.03. The van der Waals surface area contributed by atoms with Crippen LogP contribution in [0.3, 0.4) is 0 Å². The third-order valence-electron chi connectivity index (χ3n) is 2.58. The van der Waals surface area contributed by atoms with E-state index in [1.807, 2.05) is 33.8 Å². The zero-order chi connectivity index (χ0) is 14.4. The van der Waals surface area contributed by atoms with E-state index >= 15 is 0 Å². The van der Waals surface area contributed by atoms with Gasteiger partial charge in [0.1, 0.15) is 11.7 Å². The molecule has 1 aromatic rings. The van der Waals surface area contributed by atoms with Crippen molar-refractivity contribution in [1.29, 1.82) is 5.26 Å². The van der Waals surface area contributed by atoms with Gasteiger partial charge < -0.3 is 10.1 Å². The summed E-state index contributed by atoms with van der Waals surface area (Å²) in [7, 11) is 0. The molecular formula is C15H20N2O2. The Morgan fingerprint density at radius 3 is 2.21 bits per heavy atom. The lowest BCUT2D eigenvalue weighted by atomic mass is 9.96. The number of benzene rings is 1. The van der Waals surface area contributed by atoms with Gasteiger partial charge >= 0.3 is 0 Å². The predicted octanol–water partition coefficient (Wildman–Crippen LogP) is 3.21. The van der Waals surface area contributed by atoms with Gasteiger partial charge in [0.2, 0.25) is 5.91 Å². The largest absolute Gasteiger partial charge is 0.491 e. The number of nitriles is 1. The number of carbonyl (C=O) groups is 1. The van der Waals surface area contributed by atoms with E-state index in [0.29, 0.717) is 5.69 Å². The number of carbonyl (C=O) groups excluding carboxylic acids is 1. The lowest BCUT2D eigenvalue weighted by Gasteiger charge is -2.14. The van der Waals surface area contributed by atoms with Crippen LogP contribution in [-0.4, -0.2) is 12.0 Å². The first kappa shape index (κ1) is 15.0. The zero-order valence-corrected chi connectivity index (χ0v) is 11.8. The molecule has 102 valence electrons. The number of amides is 1. The molecule has 0 bridgehead atoms. The van der Waals surface area contributed by atoms with Gasteiger partial charge in [-0.3, -0.25) is 4.79 Å². The third kappa shape index (κ3) is 4.63. The van der Waals surface area contributed by atoms with Crippen LogP contribution in [0.4, 0.5) is 5.69 Å². The van der Waals surface area contributed by atoms with Gasteiger partial charge in [-0.15, -0.1) is 0 Å². The number of anilines is 1. The van der Waals surface area contributed by atoms with Crippen molar-refractivity contribution in [2.45, 2.75) is 33.8 Å². The molecule has 1 rings (SSSR count). The van der Waals surface area contributed by atoms with E-state index in [9.17, 15) is 4.79 Å². The Morgan fingerprint density at radius 2 is 1.79 bits per heavy atom. The van der Waals surface area contributed by atoms with Crippen LogP contribution < -0.4 is 10.1 Å². The van der Waals surface area contributed by atoms with Crippen molar-refractivity contribution in [3.63, 3.8) is 0 Å². The molecule has 0 saturated heterocycles. The molecule has 0 radical (unpaired) electrons. The SMILES string of the molecule is CC(C)Oc1ccc(NC(=O)C(C#N)C(C)C)cc1. The molecule has 1 N–H and O–H groups in total. The molecule has 0 saturated carbocycles. The minimum Gasteiger partial charge on any atom is -0.491 e. The molecule has 1 unspecified atom stereocenters. The summed E-state index contributed by atoms with van der Waals surface area (Å²) in [6, 6.07) is 9.15. The molecule has 4 heteroatoms. The highest BCUT2D eigenvalue weighted by atomic mass is 16.5. The summed E-state index contributed by atoms with van der Waals surface area (Å²) in [4.78, 5) is 11.9. The Balaban J connectivity index is 2.68. The third-order valence-corrected chi connectivity index (χ3v) is 2.58. The van der Waals surface area contributed by atoms with Gasteiger partial charge in [-0.05, 0) is 44.0 Å². The topological polar surface area (TPSA) is 62.1 Å². The van der Waals surface area contributed by atoms with Crippen molar-refractivity contribution in [2.75, 3.05) is 5.32 Å². The van der Waals surface area contributed by atoms with Crippen LogP contribution in [0.2, 0.25) is 0 Å². The van der Waals surface area contributed by atoms with Gasteiger partial charge in [0.25, 0.3) is 0 Å². The quantitative estimate of drug-likeness (QED) is 0.884. The number of nitrogens with zero attached hydrogens (tertiary/aromatic N) is 1. The molecule has 0 aliphatic rings. The summed E-state index contributed by atoms with van der Waals surface area (Å²) in [5.41, 5.74) is 0.669. The fourth-order valence-electron chi connectivity index (χ4n) is 1.62. The normalized spacial score (nSPS) is 12.1. The summed E-state index contributed by atoms with van der Waals surface area (Å²) in [6.45, 7) is 7.62. The van der Waals surface area contributed by atoms with Crippen LogP contribution >= 0.6 is 0 Å². The van der Waals surface area contributed by atoms with Crippen molar-refractivity contribution < 1.29 is 9.53 Å². The summed E-state index contributed by atoms with van der Waals surface area (Å²) >= 11 is 0. The lowest BCUT2D eigenvalue weighted by Crippen LogP contribution is -2.25. The Morgan fingerprint density at radius 1 is 1.21 bits per heavy atom. The maximum absolute atomic E-state index is 11.9. The number of hydrogen-bond acceptors (Lipinski definition) is 3. The van der Waals surface area contributed by atoms with E-state index in [2.05, 4.69) is 5.32 Å². The molecule has 0 aliphatic heterocycles. The van der Waals surface area contributed by atoms with E-state index in [-0.39, 0.29) is 17.9 Å². The summed E-state index contributed by atoms with van der Waals surface area (Å²) in [5.74, 6) is -0.149. The van der Waals surface area contributed by atoms with E-state index in [4.69, 9.17) is 10.00 Å². The standard InChI is InChI=1S/C15H20N2O2/c1-10(2)14(9-16)15(18)17-12-5-7-13(8-6-12)19-11(3)4/h5-8,10-11,14H,1-4H3,(H,17,18). The smallest absolute Gasteiger partial charge is 0.241 e. The minimum atomic E-state index is -0.633. The fourth-order valence-corrected chi connectivity index (χ4v) is 1.62. The highest BCUT2D eigenvalue weighted by Gasteiger charge is 2.21. The second kappa shape index (κ2) is 6.79. The fraction of sp³-hybridized carbons (Fsp3) is 0.467. The van der Waals surface area contributed by atoms with Crippen molar-refractivity contribution in [3.8, 4) is 11.8 Å². The first-order valence-corrected chi connectivity index (χ1v) is 6.41. The highest BCUT2D eigenvalue weighted by Crippen LogP contribution is 2.18. The first-order valence-electron chi connectivity index (χ1n) is 6.41. The van der Waals surface area contributed by atoms with Crippen LogP contribution in [0.25, 0.3) is 0 Å². The molecule has 1 amide bonds. The molecule has 1 atom stereocenters. The molecule has 19 heavy (non-hydrogen) atoms. The Kier molecular flexibility index (Phi) is 5.37. The van der Waals surface area contributed by atoms with E-state index < -0.39 is 5.92 Å². The molecule has 0 heterocycles. The summed E-state index contributed by atoms with van der Waals surface area (Å²) in [6.07, 6.45) is 0.115. The van der Waals surface area contributed by atoms with Crippen LogP contribution in [-0.2, 0) is 4.79 Å². The van der Waals surface area contributed by atoms with Crippen LogP contribution in [0, 0.1) is 23.2 Å².